The second kappa shape index (κ2) is 3.33. The van der Waals surface area contributed by atoms with Crippen molar-refractivity contribution in [3.8, 4) is 0 Å². The van der Waals surface area contributed by atoms with Crippen molar-refractivity contribution in [2.75, 3.05) is 12.3 Å². The predicted octanol–water partition coefficient (Wildman–Crippen LogP) is 1.46. The van der Waals surface area contributed by atoms with E-state index in [0.717, 1.165) is 23.2 Å². The van der Waals surface area contributed by atoms with E-state index in [1.807, 2.05) is 0 Å². The van der Waals surface area contributed by atoms with Crippen LogP contribution in [0.25, 0.3) is 0 Å². The van der Waals surface area contributed by atoms with Crippen LogP contribution in [0.5, 0.6) is 0 Å². The van der Waals surface area contributed by atoms with Crippen LogP contribution in [0.1, 0.15) is 19.3 Å². The van der Waals surface area contributed by atoms with Crippen molar-refractivity contribution < 1.29 is 0 Å². The summed E-state index contributed by atoms with van der Waals surface area (Å²) in [5.74, 6) is 1.02. The smallest absolute Gasteiger partial charge is 0.136 e. The maximum absolute atomic E-state index is 10.6. The molecule has 1 heterocycles. The van der Waals surface area contributed by atoms with Crippen LogP contribution in [0, 0.1) is 5.21 Å². The highest BCUT2D eigenvalue weighted by molar-refractivity contribution is 7.97. The molecule has 1 aliphatic rings. The molecule has 0 atom stereocenters. The van der Waals surface area contributed by atoms with Gasteiger partial charge in [-0.15, -0.1) is 4.47 Å². The molecular weight excluding hydrogens is 122 g/mol. The van der Waals surface area contributed by atoms with Crippen LogP contribution in [-0.2, 0) is 0 Å². The molecule has 1 aliphatic heterocycles. The van der Waals surface area contributed by atoms with E-state index in [1.165, 1.54) is 24.8 Å². The van der Waals surface area contributed by atoms with Gasteiger partial charge in [0.25, 0.3) is 0 Å². The molecule has 1 saturated heterocycles. The molecule has 0 aliphatic carbocycles. The zero-order valence-corrected chi connectivity index (χ0v) is 5.62. The monoisotopic (exact) mass is 132 g/mol. The van der Waals surface area contributed by atoms with Crippen molar-refractivity contribution in [2.24, 2.45) is 0 Å². The van der Waals surface area contributed by atoms with Crippen LogP contribution in [0.2, 0.25) is 0 Å². The Morgan fingerprint density at radius 1 is 1.25 bits per heavy atom. The SMILES string of the molecule is [O-][N+]1CCCCCS1. The molecule has 47 valence electrons. The fourth-order valence-corrected chi connectivity index (χ4v) is 1.55. The molecule has 0 saturated carbocycles. The second-order valence-corrected chi connectivity index (χ2v) is 3.02. The van der Waals surface area contributed by atoms with E-state index in [0.29, 0.717) is 0 Å². The predicted molar refractivity (Wildman–Crippen MR) is 36.7 cm³/mol. The Bertz CT molecular complexity index is 61.4. The van der Waals surface area contributed by atoms with Crippen molar-refractivity contribution in [1.29, 1.82) is 0 Å². The Hall–Kier alpha value is 0.270. The van der Waals surface area contributed by atoms with Gasteiger partial charge in [0.1, 0.15) is 18.5 Å². The summed E-state index contributed by atoms with van der Waals surface area (Å²) in [6.45, 7) is 0.727. The van der Waals surface area contributed by atoms with Crippen molar-refractivity contribution in [1.82, 2.24) is 4.47 Å². The number of hydrogen-bond donors (Lipinski definition) is 0. The van der Waals surface area contributed by atoms with Crippen LogP contribution in [0.4, 0.5) is 0 Å². The highest BCUT2D eigenvalue weighted by Crippen LogP contribution is 2.14. The molecule has 1 radical (unpaired) electrons. The van der Waals surface area contributed by atoms with E-state index in [4.69, 9.17) is 0 Å². The summed E-state index contributed by atoms with van der Waals surface area (Å²) >= 11 is 1.42. The van der Waals surface area contributed by atoms with Gasteiger partial charge in [-0.25, -0.2) is 0 Å². The van der Waals surface area contributed by atoms with E-state index >= 15 is 0 Å². The van der Waals surface area contributed by atoms with Gasteiger partial charge in [-0.1, -0.05) is 0 Å². The van der Waals surface area contributed by atoms with Crippen LogP contribution in [0.3, 0.4) is 0 Å². The number of hydrogen-bond acceptors (Lipinski definition) is 3. The first-order chi connectivity index (χ1) is 3.89. The fourth-order valence-electron chi connectivity index (χ4n) is 0.751. The molecule has 0 bridgehead atoms. The molecule has 8 heavy (non-hydrogen) atoms. The van der Waals surface area contributed by atoms with Gasteiger partial charge in [0.15, 0.2) is 0 Å². The summed E-state index contributed by atoms with van der Waals surface area (Å²) in [5.41, 5.74) is 0. The number of rotatable bonds is 0. The molecule has 0 N–H and O–H groups in total. The van der Waals surface area contributed by atoms with E-state index < -0.39 is 0 Å². The highest BCUT2D eigenvalue weighted by atomic mass is 32.2. The third kappa shape index (κ3) is 2.03. The molecular formula is C5H10NOS. The third-order valence-corrected chi connectivity index (χ3v) is 2.16. The molecule has 0 aromatic heterocycles. The first-order valence-corrected chi connectivity index (χ1v) is 3.91. The van der Waals surface area contributed by atoms with Gasteiger partial charge in [-0.2, -0.15) is 0 Å². The molecule has 0 spiro atoms. The minimum absolute atomic E-state index is 0.727. The summed E-state index contributed by atoms with van der Waals surface area (Å²) in [4.78, 5) is 0. The van der Waals surface area contributed by atoms with E-state index in [1.54, 1.807) is 0 Å². The maximum atomic E-state index is 10.6. The average molecular weight is 132 g/mol. The van der Waals surface area contributed by atoms with E-state index in [9.17, 15) is 5.21 Å². The molecule has 3 heteroatoms. The Morgan fingerprint density at radius 3 is 3.00 bits per heavy atom. The van der Waals surface area contributed by atoms with Gasteiger partial charge < -0.3 is 5.21 Å². The largest absolute Gasteiger partial charge is 0.569 e. The van der Waals surface area contributed by atoms with Crippen molar-refractivity contribution in [3.05, 3.63) is 5.21 Å². The number of nitrogens with zero attached hydrogens (tertiary/aromatic N) is 1. The molecule has 2 nitrogen and oxygen atoms in total. The Balaban J connectivity index is 2.17. The highest BCUT2D eigenvalue weighted by Gasteiger charge is 2.09. The summed E-state index contributed by atoms with van der Waals surface area (Å²) < 4.78 is 1.09. The number of hydroxylamine groups is 1. The Labute approximate surface area is 54.0 Å². The van der Waals surface area contributed by atoms with Crippen molar-refractivity contribution in [3.63, 3.8) is 0 Å². The lowest BCUT2D eigenvalue weighted by Crippen LogP contribution is -2.12. The normalized spacial score (nSPS) is 25.1. The lowest BCUT2D eigenvalue weighted by molar-refractivity contribution is 0.675. The van der Waals surface area contributed by atoms with Gasteiger partial charge in [-0.05, 0) is 12.8 Å². The third-order valence-electron chi connectivity index (χ3n) is 1.22. The Kier molecular flexibility index (Phi) is 2.66. The zero-order chi connectivity index (χ0) is 5.82. The quantitative estimate of drug-likeness (QED) is 0.283. The molecule has 1 rings (SSSR count). The van der Waals surface area contributed by atoms with Gasteiger partial charge in [0.05, 0.1) is 5.75 Å². The summed E-state index contributed by atoms with van der Waals surface area (Å²) in [7, 11) is 0. The molecule has 0 amide bonds. The second-order valence-electron chi connectivity index (χ2n) is 1.95. The minimum Gasteiger partial charge on any atom is -0.569 e. The average Bonchev–Trinajstić information content (AvgIpc) is 1.94. The first-order valence-electron chi connectivity index (χ1n) is 2.97. The lowest BCUT2D eigenvalue weighted by Gasteiger charge is -2.05. The summed E-state index contributed by atoms with van der Waals surface area (Å²) in [6, 6.07) is 0. The van der Waals surface area contributed by atoms with E-state index in [2.05, 4.69) is 0 Å². The van der Waals surface area contributed by atoms with Gasteiger partial charge in [0.2, 0.25) is 0 Å². The lowest BCUT2D eigenvalue weighted by atomic mass is 10.3. The molecule has 0 aromatic rings. The summed E-state index contributed by atoms with van der Waals surface area (Å²) in [5, 5.41) is 10.6. The molecule has 0 unspecified atom stereocenters. The van der Waals surface area contributed by atoms with E-state index in [-0.39, 0.29) is 0 Å². The van der Waals surface area contributed by atoms with Crippen molar-refractivity contribution >= 4 is 11.9 Å². The van der Waals surface area contributed by atoms with Crippen molar-refractivity contribution in [2.45, 2.75) is 19.3 Å². The molecule has 0 aromatic carbocycles. The standard InChI is InChI=1S/C5H10NOS/c7-6-4-2-1-3-5-8-6/h1-5H2. The topological polar surface area (TPSA) is 29.0 Å². The van der Waals surface area contributed by atoms with Crippen LogP contribution >= 0.6 is 11.9 Å². The fraction of sp³-hybridized carbons (Fsp3) is 1.00. The summed E-state index contributed by atoms with van der Waals surface area (Å²) in [6.07, 6.45) is 3.52. The van der Waals surface area contributed by atoms with Gasteiger partial charge in [-0.3, -0.25) is 0 Å². The zero-order valence-electron chi connectivity index (χ0n) is 4.80. The van der Waals surface area contributed by atoms with Gasteiger partial charge >= 0.3 is 0 Å². The maximum Gasteiger partial charge on any atom is 0.136 e. The van der Waals surface area contributed by atoms with Gasteiger partial charge in [0, 0.05) is 6.42 Å². The first kappa shape index (κ1) is 6.39. The van der Waals surface area contributed by atoms with Crippen LogP contribution in [-0.4, -0.2) is 12.3 Å². The molecule has 1 fully saturated rings. The van der Waals surface area contributed by atoms with Crippen LogP contribution in [0.15, 0.2) is 0 Å². The Morgan fingerprint density at radius 2 is 2.12 bits per heavy atom. The minimum atomic E-state index is 0.727. The van der Waals surface area contributed by atoms with Crippen LogP contribution < -0.4 is 4.47 Å².